The van der Waals surface area contributed by atoms with Crippen LogP contribution in [0.5, 0.6) is 0 Å². The number of piperidine rings is 2. The van der Waals surface area contributed by atoms with Gasteiger partial charge in [0.05, 0.1) is 46.9 Å². The molecule has 556 valence electrons. The van der Waals surface area contributed by atoms with Gasteiger partial charge in [-0.15, -0.1) is 0 Å². The van der Waals surface area contributed by atoms with Gasteiger partial charge in [-0.25, -0.2) is 26.4 Å². The molecular weight excluding hydrogens is 1290 g/mol. The number of fused-ring (bicyclic) bond motifs is 2. The number of rotatable bonds is 28. The number of ketones is 4. The summed E-state index contributed by atoms with van der Waals surface area (Å²) in [5.41, 5.74) is -23.2. The van der Waals surface area contributed by atoms with E-state index in [4.69, 9.17) is 110 Å². The molecule has 8 aliphatic rings. The van der Waals surface area contributed by atoms with Gasteiger partial charge >= 0.3 is 12.1 Å². The van der Waals surface area contributed by atoms with Crippen LogP contribution in [-0.4, -0.2) is 167 Å². The van der Waals surface area contributed by atoms with Crippen LogP contribution in [0.25, 0.3) is 0 Å². The number of nitrogens with zero attached hydrogens (tertiary/aromatic N) is 2. The van der Waals surface area contributed by atoms with E-state index in [1.807, 2.05) is 0 Å². The van der Waals surface area contributed by atoms with Crippen LogP contribution in [0.4, 0.5) is 9.59 Å². The SMILES string of the molecule is [2H]C([2H])([2H])C([2H])([2H])C([2H])([2H])C([2H])([2H])[C@@]([2H])(CC(=O)[C@@H]1[C@@H]2[C@H](CN1C(=O)[C@@H](NC(=O)NC1(CS(=O)(=O)C(C([2H])([2H])[2H])(C([2H])([2H])[2H])C([2H])([2H])[2H])C([2H])([2H])C([2H])([2H])C([2H])([2H])C([2H])([2H])C1([2H])[2H])C(C([2H])([2H])[2H])(C([2H])([2H])[2H])C([2H])([2H])[2H])C2(C)C)C(=O)C(=O)NC1([2H])C([2H])([2H])C1([2H])[2H].[2H]C1(NC(=O)C(=O)[C@]([2H])(CC(=O)[C@@H]2[C@@H]3[C@H](CN2C(=O)[C@@H](NC(=O)NC2(CS(=O)(=O)C(C([2H])([2H])[2H])(C([2H])([2H])[2H])C([2H])([2H])[2H])C([2H])([2H])C([2H])([2H])C([2H])([2H])C([2H])([2H])C2([2H])[2H])C(C([2H])([2H])[2H])(C([2H])([2H])[2H])C([2H])([2H])[2H])C3(C)C)C([2H])([2H])C([2H])([2H])C([2H])([2H])C([2H])([2H])[2H])CC1. The third-order valence-electron chi connectivity index (χ3n) is 16.8. The van der Waals surface area contributed by atoms with E-state index >= 15 is 28.8 Å². The molecule has 6 aliphatic carbocycles. The van der Waals surface area contributed by atoms with Gasteiger partial charge in [0, 0.05) is 159 Å². The summed E-state index contributed by atoms with van der Waals surface area (Å²) in [6, 6.07) is -25.1. The number of nitrogens with one attached hydrogen (secondary N) is 6. The number of sulfone groups is 2. The van der Waals surface area contributed by atoms with Crippen LogP contribution in [0.1, 0.15) is 376 Å². The number of urea groups is 2. The predicted molar refractivity (Wildman–Crippen MR) is 379 cm³/mol. The Labute approximate surface area is 701 Å². The summed E-state index contributed by atoms with van der Waals surface area (Å²) < 4.78 is 735. The molecule has 0 radical (unpaired) electrons. The number of hydrogen-bond acceptors (Lipinski definition) is 14. The molecule has 0 aromatic heterocycles. The molecule has 6 N–H and O–H groups in total. The van der Waals surface area contributed by atoms with Crippen molar-refractivity contribution in [1.82, 2.24) is 41.7 Å². The van der Waals surface area contributed by atoms with E-state index in [2.05, 4.69) is 0 Å². The van der Waals surface area contributed by atoms with Gasteiger partial charge in [-0.05, 0) is 150 Å². The highest BCUT2D eigenvalue weighted by atomic mass is 32.2. The summed E-state index contributed by atoms with van der Waals surface area (Å²) in [6.45, 7) is -64.6. The van der Waals surface area contributed by atoms with Crippen LogP contribution in [-0.2, 0) is 58.0 Å². The minimum Gasteiger partial charge on any atom is -0.347 e. The van der Waals surface area contributed by atoms with Crippen molar-refractivity contribution in [2.24, 2.45) is 57.1 Å². The molecule has 22 nitrogen and oxygen atoms in total. The van der Waals surface area contributed by atoms with Crippen LogP contribution in [0.3, 0.4) is 0 Å². The molecule has 10 atom stereocenters. The summed E-state index contributed by atoms with van der Waals surface area (Å²) in [4.78, 5) is 148. The second-order valence-corrected chi connectivity index (χ2v) is 28.9. The Bertz CT molecular complexity index is 6620. The van der Waals surface area contributed by atoms with Gasteiger partial charge in [-0.1, -0.05) is 146 Å². The zero-order valence-electron chi connectivity index (χ0n) is 134. The number of hydrogen-bond donors (Lipinski definition) is 6. The topological polar surface area (TPSA) is 318 Å². The van der Waals surface area contributed by atoms with Crippen molar-refractivity contribution in [3.63, 3.8) is 0 Å². The monoisotopic (exact) mass is 1500 g/mol. The molecule has 24 heteroatoms. The molecule has 8 fully saturated rings. The average molecular weight is 1500 g/mol. The fourth-order valence-electron chi connectivity index (χ4n) is 11.4. The van der Waals surface area contributed by atoms with Crippen molar-refractivity contribution in [3.05, 3.63) is 0 Å². The highest BCUT2D eigenvalue weighted by Gasteiger charge is 2.71. The Kier molecular flexibility index (Phi) is 7.39. The van der Waals surface area contributed by atoms with Crippen LogP contribution in [0, 0.1) is 57.1 Å². The molecule has 2 aliphatic heterocycles. The largest absolute Gasteiger partial charge is 0.347 e. The second kappa shape index (κ2) is 30.1. The molecule has 2 saturated heterocycles. The molecule has 98 heavy (non-hydrogen) atoms. The maximum Gasteiger partial charge on any atom is 0.315 e. The Hall–Kier alpha value is -5.00. The predicted octanol–water partition coefficient (Wildman–Crippen LogP) is 9.43. The van der Waals surface area contributed by atoms with Gasteiger partial charge < -0.3 is 41.7 Å². The number of Topliss-reactive ketones (excluding diaryl/α,β-unsaturated/α-hetero) is 4. The summed E-state index contributed by atoms with van der Waals surface area (Å²) >= 11 is 0. The fourth-order valence-corrected chi connectivity index (χ4v) is 13.4. The van der Waals surface area contributed by atoms with Gasteiger partial charge in [0.2, 0.25) is 23.4 Å². The zero-order valence-corrected chi connectivity index (χ0v) is 53.3. The molecule has 8 amide bonds. The first-order chi connectivity index (χ1) is 77.5. The van der Waals surface area contributed by atoms with Crippen LogP contribution < -0.4 is 31.9 Å². The van der Waals surface area contributed by atoms with E-state index in [0.29, 0.717) is 0 Å². The molecule has 0 bridgehead atoms. The minimum absolute atomic E-state index is 0.00817. The van der Waals surface area contributed by atoms with E-state index in [0.717, 1.165) is 16.0 Å². The van der Waals surface area contributed by atoms with Crippen molar-refractivity contribution in [2.75, 3.05) is 24.6 Å². The molecule has 0 aromatic carbocycles. The minimum atomic E-state index is -7.36. The van der Waals surface area contributed by atoms with Crippen LogP contribution in [0.15, 0.2) is 0 Å². The van der Waals surface area contributed by atoms with Crippen molar-refractivity contribution < 1.29 is 177 Å². The maximum absolute atomic E-state index is 15.7. The summed E-state index contributed by atoms with van der Waals surface area (Å²) in [7, 11) is -14.7. The number of amides is 8. The summed E-state index contributed by atoms with van der Waals surface area (Å²) in [6.07, 6.45) is -90.1. The second-order valence-electron chi connectivity index (χ2n) is 24.7. The molecular formula is C74H124N8O14S2. The lowest BCUT2D eigenvalue weighted by atomic mass is 9.83. The number of carbonyl (C=O) groups is 10. The van der Waals surface area contributed by atoms with E-state index in [9.17, 15) is 38.8 Å². The van der Waals surface area contributed by atoms with E-state index in [1.165, 1.54) is 38.3 Å². The van der Waals surface area contributed by atoms with Crippen LogP contribution in [0.2, 0.25) is 0 Å². The van der Waals surface area contributed by atoms with Crippen LogP contribution >= 0.6 is 0 Å². The first kappa shape index (κ1) is 24.0. The first-order valence-corrected chi connectivity index (χ1v) is 31.8. The van der Waals surface area contributed by atoms with E-state index in [1.54, 1.807) is 5.32 Å². The zero-order chi connectivity index (χ0) is 144. The Morgan fingerprint density at radius 1 is 0.541 bits per heavy atom. The summed E-state index contributed by atoms with van der Waals surface area (Å²) in [5.74, 6) is -40.9. The first-order valence-electron chi connectivity index (χ1n) is 69.5. The Morgan fingerprint density at radius 3 is 1.21 bits per heavy atom. The highest BCUT2D eigenvalue weighted by Crippen LogP contribution is 2.66. The smallest absolute Gasteiger partial charge is 0.315 e. The lowest BCUT2D eigenvalue weighted by Gasteiger charge is -2.41. The van der Waals surface area contributed by atoms with Crippen molar-refractivity contribution >= 4 is 78.5 Å². The van der Waals surface area contributed by atoms with E-state index < -0.39 is 440 Å². The molecule has 0 spiro atoms. The van der Waals surface area contributed by atoms with E-state index in [-0.39, 0.29) is 22.6 Å². The van der Waals surface area contributed by atoms with Gasteiger partial charge in [0.25, 0.3) is 11.8 Å². The fraction of sp³-hybridized carbons (Fsp3) is 0.865. The number of carbonyl (C=O) groups excluding carboxylic acids is 10. The summed E-state index contributed by atoms with van der Waals surface area (Å²) in [5, 5.41) is 7.31. The Balaban J connectivity index is 0.000000481. The molecule has 8 rings (SSSR count). The van der Waals surface area contributed by atoms with Gasteiger partial charge in [0.1, 0.15) is 12.1 Å². The molecule has 0 aromatic rings. The van der Waals surface area contributed by atoms with Crippen molar-refractivity contribution in [1.29, 1.82) is 0 Å². The normalized spacial score (nSPS) is 48.3. The Morgan fingerprint density at radius 2 is 0.898 bits per heavy atom. The quantitative estimate of drug-likeness (QED) is 0.0398. The van der Waals surface area contributed by atoms with Crippen molar-refractivity contribution in [3.8, 4) is 0 Å². The van der Waals surface area contributed by atoms with Gasteiger partial charge in [0.15, 0.2) is 31.2 Å². The van der Waals surface area contributed by atoms with Gasteiger partial charge in [-0.2, -0.15) is 0 Å². The standard InChI is InChI=1S/2C37H62N4O7S/c2*1-10-11-15-23(29(43)31(44)38-24-16-17-24)20-26(42)28-27-25(36(27,8)9)21-41(28)32(45)30(34(2,3)4)39-33(46)40-37(18-13-12-14-19-37)22-49(47,48)35(5,6)7/h2*23-25,27-28,30H,10-22H2,1-9H3,(H,38,44)(H2,39,40,46)/t2*23-,25-,27-,28+,30+/m00/s1/i1D3,2D3,3D3,4D3,5D3,6D3,7D3,10D2,11D2,12D2,13D2,14D2,15D2,16D2,17D2,18D2,19D2,23D,24D;1D3,2D3,3D3,4D3,5D3,6D3,7D3,10D2,11D2,12D2,13D2,14D2,15D2,18D2,19D2,23D,24D. The molecule has 2 heterocycles. The average Bonchev–Trinajstić information content (AvgIpc) is 1.53. The molecule has 6 saturated carbocycles. The third kappa shape index (κ3) is 19.0. The lowest BCUT2D eigenvalue weighted by molar-refractivity contribution is -0.145. The highest BCUT2D eigenvalue weighted by molar-refractivity contribution is 7.93. The van der Waals surface area contributed by atoms with Gasteiger partial charge in [-0.3, -0.25) is 38.4 Å². The maximum atomic E-state index is 15.7. The van der Waals surface area contributed by atoms with Crippen molar-refractivity contribution in [2.45, 2.75) is 321 Å². The third-order valence-corrected chi connectivity index (χ3v) is 20.3. The number of likely N-dealkylation sites (tertiary alicyclic amines) is 2. The molecule has 0 unspecified atom stereocenters. The lowest BCUT2D eigenvalue weighted by Crippen LogP contribution is -2.63.